The number of carbonyl (C=O) groups excluding carboxylic acids is 3. The average Bonchev–Trinajstić information content (AvgIpc) is 3.07. The number of carbonyl (C=O) groups is 3. The molecule has 1 N–H and O–H groups in total. The number of ether oxygens (including phenoxy) is 1. The summed E-state index contributed by atoms with van der Waals surface area (Å²) in [6.45, 7) is 6.21. The number of hydrogen-bond donors (Lipinski definition) is 1. The first-order valence-corrected chi connectivity index (χ1v) is 11.8. The molecule has 0 atom stereocenters. The van der Waals surface area contributed by atoms with E-state index in [4.69, 9.17) is 16.3 Å². The minimum absolute atomic E-state index is 0.0687. The Morgan fingerprint density at radius 2 is 1.69 bits per heavy atom. The van der Waals surface area contributed by atoms with Crippen LogP contribution in [-0.4, -0.2) is 31.4 Å². The lowest BCUT2D eigenvalue weighted by Gasteiger charge is -2.22. The summed E-state index contributed by atoms with van der Waals surface area (Å²) in [7, 11) is 1.46. The van der Waals surface area contributed by atoms with Crippen molar-refractivity contribution in [3.05, 3.63) is 94.1 Å². The number of rotatable bonds is 7. The molecule has 1 heterocycles. The van der Waals surface area contributed by atoms with Crippen LogP contribution in [0.2, 0.25) is 0 Å². The number of benzene rings is 3. The van der Waals surface area contributed by atoms with Crippen LogP contribution < -0.4 is 19.9 Å². The molecule has 4 rings (SSSR count). The molecule has 0 aromatic heterocycles. The van der Waals surface area contributed by atoms with Crippen LogP contribution in [0.15, 0.2) is 77.5 Å². The van der Waals surface area contributed by atoms with Gasteiger partial charge in [0.05, 0.1) is 12.8 Å². The van der Waals surface area contributed by atoms with Crippen molar-refractivity contribution in [1.82, 2.24) is 0 Å². The van der Waals surface area contributed by atoms with Crippen LogP contribution in [0.25, 0.3) is 0 Å². The van der Waals surface area contributed by atoms with Crippen molar-refractivity contribution in [2.75, 3.05) is 28.8 Å². The summed E-state index contributed by atoms with van der Waals surface area (Å²) >= 11 is 6.31. The number of methoxy groups -OCH3 is 1. The molecule has 184 valence electrons. The minimum atomic E-state index is -0.656. The second-order valence-corrected chi connectivity index (χ2v) is 8.78. The van der Waals surface area contributed by atoms with Gasteiger partial charge in [-0.2, -0.15) is 0 Å². The van der Waals surface area contributed by atoms with Crippen LogP contribution in [0.1, 0.15) is 28.4 Å². The summed E-state index contributed by atoms with van der Waals surface area (Å²) < 4.78 is 5.35. The third kappa shape index (κ3) is 4.70. The molecule has 0 unspecified atom stereocenters. The highest BCUT2D eigenvalue weighted by molar-refractivity contribution is 6.53. The number of nitrogens with zero attached hydrogens (tertiary/aromatic N) is 2. The topological polar surface area (TPSA) is 79.0 Å². The predicted octanol–water partition coefficient (Wildman–Crippen LogP) is 5.41. The van der Waals surface area contributed by atoms with Gasteiger partial charge in [-0.1, -0.05) is 35.9 Å². The molecule has 0 aliphatic carbocycles. The molecule has 1 aliphatic rings. The molecule has 3 amide bonds. The number of hydrogen-bond acceptors (Lipinski definition) is 5. The summed E-state index contributed by atoms with van der Waals surface area (Å²) in [6.07, 6.45) is 0. The van der Waals surface area contributed by atoms with Gasteiger partial charge in [0, 0.05) is 23.5 Å². The number of imide groups is 1. The number of nitrogens with one attached hydrogen (secondary N) is 1. The largest absolute Gasteiger partial charge is 0.495 e. The second kappa shape index (κ2) is 10.3. The van der Waals surface area contributed by atoms with Crippen molar-refractivity contribution in [1.29, 1.82) is 0 Å². The molecule has 0 fully saturated rings. The number of aryl methyl sites for hydroxylation is 2. The van der Waals surface area contributed by atoms with Gasteiger partial charge in [0.2, 0.25) is 0 Å². The highest BCUT2D eigenvalue weighted by atomic mass is 35.5. The summed E-state index contributed by atoms with van der Waals surface area (Å²) in [4.78, 5) is 42.2. The Morgan fingerprint density at radius 3 is 2.39 bits per heavy atom. The lowest BCUT2D eigenvalue weighted by atomic mass is 10.1. The zero-order chi connectivity index (χ0) is 26.0. The molecule has 3 aromatic carbocycles. The molecule has 0 radical (unpaired) electrons. The van der Waals surface area contributed by atoms with Gasteiger partial charge >= 0.3 is 0 Å². The Morgan fingerprint density at radius 1 is 0.972 bits per heavy atom. The van der Waals surface area contributed by atoms with Gasteiger partial charge in [0.25, 0.3) is 17.7 Å². The summed E-state index contributed by atoms with van der Waals surface area (Å²) in [6, 6.07) is 19.6. The number of amides is 3. The van der Waals surface area contributed by atoms with E-state index in [0.29, 0.717) is 29.2 Å². The Bertz CT molecular complexity index is 1400. The quantitative estimate of drug-likeness (QED) is 0.436. The average molecular weight is 504 g/mol. The van der Waals surface area contributed by atoms with E-state index in [1.165, 1.54) is 7.11 Å². The zero-order valence-corrected chi connectivity index (χ0v) is 21.2. The Labute approximate surface area is 214 Å². The normalized spacial score (nSPS) is 13.3. The van der Waals surface area contributed by atoms with E-state index in [1.807, 2.05) is 51.1 Å². The summed E-state index contributed by atoms with van der Waals surface area (Å²) in [5, 5.41) is 2.71. The molecular weight excluding hydrogens is 478 g/mol. The molecule has 8 heteroatoms. The van der Waals surface area contributed by atoms with Gasteiger partial charge in [-0.3, -0.25) is 14.4 Å². The van der Waals surface area contributed by atoms with E-state index in [0.717, 1.165) is 21.7 Å². The highest BCUT2D eigenvalue weighted by Crippen LogP contribution is 2.36. The predicted molar refractivity (Wildman–Crippen MR) is 142 cm³/mol. The van der Waals surface area contributed by atoms with Crippen molar-refractivity contribution >= 4 is 46.4 Å². The molecular formula is C28H26ClN3O4. The fraction of sp³-hybridized carbons (Fsp3) is 0.179. The van der Waals surface area contributed by atoms with Crippen molar-refractivity contribution in [2.24, 2.45) is 0 Å². The van der Waals surface area contributed by atoms with E-state index in [-0.39, 0.29) is 16.6 Å². The molecule has 0 saturated heterocycles. The third-order valence-corrected chi connectivity index (χ3v) is 6.21. The first kappa shape index (κ1) is 25.0. The Balaban J connectivity index is 1.61. The SMILES string of the molecule is CCN(C(=O)c1cccc(NC2=C(Cl)C(=O)N(c3cc(C)ccc3OC)C2=O)c1)c1cccc(C)c1. The maximum atomic E-state index is 13.3. The monoisotopic (exact) mass is 503 g/mol. The fourth-order valence-electron chi connectivity index (χ4n) is 4.07. The summed E-state index contributed by atoms with van der Waals surface area (Å²) in [5.74, 6) is -1.08. The molecule has 0 saturated carbocycles. The van der Waals surface area contributed by atoms with Crippen molar-refractivity contribution < 1.29 is 19.1 Å². The fourth-order valence-corrected chi connectivity index (χ4v) is 4.29. The van der Waals surface area contributed by atoms with Crippen LogP contribution in [-0.2, 0) is 9.59 Å². The van der Waals surface area contributed by atoms with Crippen molar-refractivity contribution in [3.63, 3.8) is 0 Å². The number of anilines is 3. The lowest BCUT2D eigenvalue weighted by Crippen LogP contribution is -2.32. The highest BCUT2D eigenvalue weighted by Gasteiger charge is 2.40. The van der Waals surface area contributed by atoms with Gasteiger partial charge in [-0.05, 0) is 74.4 Å². The van der Waals surface area contributed by atoms with E-state index in [9.17, 15) is 14.4 Å². The van der Waals surface area contributed by atoms with Crippen LogP contribution in [0, 0.1) is 13.8 Å². The van der Waals surface area contributed by atoms with Gasteiger partial charge in [0.1, 0.15) is 16.5 Å². The molecule has 36 heavy (non-hydrogen) atoms. The van der Waals surface area contributed by atoms with Crippen LogP contribution in [0.4, 0.5) is 17.1 Å². The maximum Gasteiger partial charge on any atom is 0.283 e. The maximum absolute atomic E-state index is 13.3. The van der Waals surface area contributed by atoms with Crippen molar-refractivity contribution in [2.45, 2.75) is 20.8 Å². The van der Waals surface area contributed by atoms with Gasteiger partial charge in [-0.25, -0.2) is 4.90 Å². The standard InChI is InChI=1S/C28H26ClN3O4/c1-5-31(21-11-6-8-17(2)14-21)26(33)19-9-7-10-20(16-19)30-25-24(29)27(34)32(28(25)35)22-15-18(3)12-13-23(22)36-4/h6-16,30H,5H2,1-4H3. The van der Waals surface area contributed by atoms with Crippen LogP contribution >= 0.6 is 11.6 Å². The Hall–Kier alpha value is -4.10. The first-order chi connectivity index (χ1) is 17.2. The first-order valence-electron chi connectivity index (χ1n) is 11.4. The third-order valence-electron chi connectivity index (χ3n) is 5.86. The van der Waals surface area contributed by atoms with Crippen molar-refractivity contribution in [3.8, 4) is 5.75 Å². The molecule has 0 bridgehead atoms. The minimum Gasteiger partial charge on any atom is -0.495 e. The van der Waals surface area contributed by atoms with Gasteiger partial charge in [-0.15, -0.1) is 0 Å². The molecule has 0 spiro atoms. The van der Waals surface area contributed by atoms with Crippen LogP contribution in [0.5, 0.6) is 5.75 Å². The zero-order valence-electron chi connectivity index (χ0n) is 20.5. The van der Waals surface area contributed by atoms with Gasteiger partial charge < -0.3 is 15.0 Å². The van der Waals surface area contributed by atoms with E-state index < -0.39 is 11.8 Å². The number of halogens is 1. The van der Waals surface area contributed by atoms with E-state index in [2.05, 4.69) is 5.32 Å². The second-order valence-electron chi connectivity index (χ2n) is 8.40. The molecule has 3 aromatic rings. The van der Waals surface area contributed by atoms with E-state index in [1.54, 1.807) is 41.3 Å². The Kier molecular flexibility index (Phi) is 7.12. The molecule has 7 nitrogen and oxygen atoms in total. The molecule has 1 aliphatic heterocycles. The smallest absolute Gasteiger partial charge is 0.283 e. The summed E-state index contributed by atoms with van der Waals surface area (Å²) in [5.41, 5.74) is 3.82. The van der Waals surface area contributed by atoms with E-state index >= 15 is 0 Å². The van der Waals surface area contributed by atoms with Crippen LogP contribution in [0.3, 0.4) is 0 Å². The van der Waals surface area contributed by atoms with Gasteiger partial charge in [0.15, 0.2) is 0 Å². The lowest BCUT2D eigenvalue weighted by molar-refractivity contribution is -0.120.